The quantitative estimate of drug-likeness (QED) is 0.330. The third kappa shape index (κ3) is 4.63. The minimum Gasteiger partial charge on any atom is -0.308 e. The van der Waals surface area contributed by atoms with Crippen molar-refractivity contribution < 1.29 is 4.79 Å². The predicted octanol–water partition coefficient (Wildman–Crippen LogP) is 5.36. The number of nitrogens with one attached hydrogen (secondary N) is 1. The summed E-state index contributed by atoms with van der Waals surface area (Å²) in [5.74, 6) is 0.296. The van der Waals surface area contributed by atoms with Gasteiger partial charge in [0.25, 0.3) is 0 Å². The van der Waals surface area contributed by atoms with Gasteiger partial charge in [-0.3, -0.25) is 9.48 Å². The molecule has 0 unspecified atom stereocenters. The van der Waals surface area contributed by atoms with Gasteiger partial charge < -0.3 is 5.32 Å². The maximum absolute atomic E-state index is 12.8. The highest BCUT2D eigenvalue weighted by Gasteiger charge is 2.16. The first-order valence-corrected chi connectivity index (χ1v) is 11.7. The lowest BCUT2D eigenvalue weighted by Crippen LogP contribution is -2.20. The van der Waals surface area contributed by atoms with Crippen LogP contribution in [-0.4, -0.2) is 30.5 Å². The van der Waals surface area contributed by atoms with E-state index in [1.54, 1.807) is 21.6 Å². The molecule has 1 N–H and O–H groups in total. The lowest BCUT2D eigenvalue weighted by atomic mass is 10.0. The molecule has 1 amide bonds. The second-order valence-electron chi connectivity index (χ2n) is 8.24. The molecule has 8 heteroatoms. The first-order chi connectivity index (χ1) is 16.5. The maximum atomic E-state index is 12.8. The summed E-state index contributed by atoms with van der Waals surface area (Å²) in [6.07, 6.45) is 3.61. The fourth-order valence-corrected chi connectivity index (χ4v) is 4.32. The molecule has 0 aliphatic rings. The number of carbonyl (C=O) groups excluding carboxylic acids is 1. The number of hydrogen-bond acceptors (Lipinski definition) is 4. The van der Waals surface area contributed by atoms with Crippen LogP contribution in [0.2, 0.25) is 0 Å². The Balaban J connectivity index is 1.33. The number of anilines is 1. The van der Waals surface area contributed by atoms with Crippen LogP contribution < -0.4 is 5.32 Å². The number of rotatable bonds is 6. The summed E-state index contributed by atoms with van der Waals surface area (Å²) in [5.41, 5.74) is 6.00. The van der Waals surface area contributed by atoms with Crippen molar-refractivity contribution >= 4 is 38.7 Å². The number of aryl methyl sites for hydroxylation is 2. The van der Waals surface area contributed by atoms with Gasteiger partial charge in [-0.1, -0.05) is 57.9 Å². The smallest absolute Gasteiger partial charge is 0.247 e. The number of hydrogen-bond donors (Lipinski definition) is 1. The van der Waals surface area contributed by atoms with Gasteiger partial charge >= 0.3 is 0 Å². The molecule has 0 fully saturated rings. The number of pyridine rings is 1. The molecule has 3 aromatic heterocycles. The molecular weight excluding hydrogens is 492 g/mol. The maximum Gasteiger partial charge on any atom is 0.247 e. The SMILES string of the molecule is Cc1cccc(-c2ccnc3c2c(C)nn3CC(=O)Nc2ccn(Cc3ccc(Br)cc3)n2)c1. The van der Waals surface area contributed by atoms with Gasteiger partial charge in [0.2, 0.25) is 5.91 Å². The van der Waals surface area contributed by atoms with E-state index < -0.39 is 0 Å². The van der Waals surface area contributed by atoms with Crippen molar-refractivity contribution in [3.63, 3.8) is 0 Å². The molecule has 170 valence electrons. The first kappa shape index (κ1) is 22.0. The van der Waals surface area contributed by atoms with Gasteiger partial charge in [-0.25, -0.2) is 9.67 Å². The van der Waals surface area contributed by atoms with Crippen molar-refractivity contribution in [3.05, 3.63) is 94.4 Å². The van der Waals surface area contributed by atoms with Crippen molar-refractivity contribution in [2.75, 3.05) is 5.32 Å². The zero-order chi connectivity index (χ0) is 23.7. The Morgan fingerprint density at radius 1 is 1.03 bits per heavy atom. The summed E-state index contributed by atoms with van der Waals surface area (Å²) in [6.45, 7) is 4.69. The van der Waals surface area contributed by atoms with Crippen LogP contribution >= 0.6 is 15.9 Å². The highest BCUT2D eigenvalue weighted by Crippen LogP contribution is 2.30. The van der Waals surface area contributed by atoms with Crippen molar-refractivity contribution in [1.82, 2.24) is 24.5 Å². The van der Waals surface area contributed by atoms with E-state index in [1.807, 2.05) is 49.5 Å². The number of benzene rings is 2. The monoisotopic (exact) mass is 514 g/mol. The molecule has 2 aromatic carbocycles. The van der Waals surface area contributed by atoms with Crippen LogP contribution in [0, 0.1) is 13.8 Å². The summed E-state index contributed by atoms with van der Waals surface area (Å²) in [5, 5.41) is 12.9. The van der Waals surface area contributed by atoms with Crippen LogP contribution in [0.15, 0.2) is 77.5 Å². The minimum absolute atomic E-state index is 0.0498. The Bertz CT molecular complexity index is 1490. The van der Waals surface area contributed by atoms with Crippen molar-refractivity contribution in [2.24, 2.45) is 0 Å². The topological polar surface area (TPSA) is 77.6 Å². The van der Waals surface area contributed by atoms with Gasteiger partial charge in [0.15, 0.2) is 11.5 Å². The third-order valence-corrected chi connectivity index (χ3v) is 6.13. The molecule has 5 rings (SSSR count). The van der Waals surface area contributed by atoms with Crippen LogP contribution in [0.4, 0.5) is 5.82 Å². The summed E-state index contributed by atoms with van der Waals surface area (Å²) >= 11 is 3.44. The van der Waals surface area contributed by atoms with Gasteiger partial charge in [-0.15, -0.1) is 0 Å². The highest BCUT2D eigenvalue weighted by atomic mass is 79.9. The summed E-state index contributed by atoms with van der Waals surface area (Å²) in [4.78, 5) is 17.3. The minimum atomic E-state index is -0.207. The number of carbonyl (C=O) groups is 1. The van der Waals surface area contributed by atoms with Crippen LogP contribution in [0.1, 0.15) is 16.8 Å². The molecule has 5 aromatic rings. The Labute approximate surface area is 205 Å². The van der Waals surface area contributed by atoms with E-state index >= 15 is 0 Å². The largest absolute Gasteiger partial charge is 0.308 e. The van der Waals surface area contributed by atoms with Gasteiger partial charge in [-0.05, 0) is 48.7 Å². The molecule has 0 saturated heterocycles. The fourth-order valence-electron chi connectivity index (χ4n) is 4.06. The van der Waals surface area contributed by atoms with Crippen LogP contribution in [0.3, 0.4) is 0 Å². The number of fused-ring (bicyclic) bond motifs is 1. The molecule has 0 radical (unpaired) electrons. The molecule has 0 spiro atoms. The average molecular weight is 515 g/mol. The lowest BCUT2D eigenvalue weighted by molar-refractivity contribution is -0.116. The molecule has 0 aliphatic carbocycles. The molecule has 3 heterocycles. The van der Waals surface area contributed by atoms with E-state index in [4.69, 9.17) is 0 Å². The van der Waals surface area contributed by atoms with Crippen molar-refractivity contribution in [1.29, 1.82) is 0 Å². The second-order valence-corrected chi connectivity index (χ2v) is 9.16. The van der Waals surface area contributed by atoms with Crippen molar-refractivity contribution in [2.45, 2.75) is 26.9 Å². The molecule has 0 atom stereocenters. The molecule has 0 aliphatic heterocycles. The summed E-state index contributed by atoms with van der Waals surface area (Å²) < 4.78 is 4.48. The summed E-state index contributed by atoms with van der Waals surface area (Å²) in [6, 6.07) is 20.2. The van der Waals surface area contributed by atoms with E-state index in [1.165, 1.54) is 5.56 Å². The second kappa shape index (κ2) is 9.23. The third-order valence-electron chi connectivity index (χ3n) is 5.60. The van der Waals surface area contributed by atoms with Gasteiger partial charge in [0.1, 0.15) is 6.54 Å². The molecule has 7 nitrogen and oxygen atoms in total. The van der Waals surface area contributed by atoms with Gasteiger partial charge in [-0.2, -0.15) is 10.2 Å². The Morgan fingerprint density at radius 2 is 1.85 bits per heavy atom. The van der Waals surface area contributed by atoms with E-state index in [2.05, 4.69) is 61.6 Å². The predicted molar refractivity (Wildman–Crippen MR) is 137 cm³/mol. The van der Waals surface area contributed by atoms with Crippen LogP contribution in [0.5, 0.6) is 0 Å². The Kier molecular flexibility index (Phi) is 5.98. The molecule has 0 saturated carbocycles. The standard InChI is InChI=1S/C26H23BrN6O/c1-17-4-3-5-20(14-17)22-10-12-28-26-25(22)18(2)30-33(26)16-24(34)29-23-11-13-32(31-23)15-19-6-8-21(27)9-7-19/h3-14H,15-16H2,1-2H3,(H,29,31,34). The lowest BCUT2D eigenvalue weighted by Gasteiger charge is -2.06. The summed E-state index contributed by atoms with van der Waals surface area (Å²) in [7, 11) is 0. The van der Waals surface area contributed by atoms with Gasteiger partial charge in [0, 0.05) is 28.3 Å². The van der Waals surface area contributed by atoms with Crippen LogP contribution in [0.25, 0.3) is 22.2 Å². The molecule has 34 heavy (non-hydrogen) atoms. The number of aromatic nitrogens is 5. The van der Waals surface area contributed by atoms with Crippen LogP contribution in [-0.2, 0) is 17.9 Å². The Hall–Kier alpha value is -3.78. The van der Waals surface area contributed by atoms with Crippen molar-refractivity contribution in [3.8, 4) is 11.1 Å². The molecular formula is C26H23BrN6O. The van der Waals surface area contributed by atoms with E-state index in [9.17, 15) is 4.79 Å². The normalized spacial score (nSPS) is 11.1. The first-order valence-electron chi connectivity index (χ1n) is 10.9. The van der Waals surface area contributed by atoms with E-state index in [0.29, 0.717) is 18.0 Å². The van der Waals surface area contributed by atoms with E-state index in [0.717, 1.165) is 32.2 Å². The number of amides is 1. The number of halogens is 1. The van der Waals surface area contributed by atoms with Gasteiger partial charge in [0.05, 0.1) is 12.2 Å². The Morgan fingerprint density at radius 3 is 2.65 bits per heavy atom. The average Bonchev–Trinajstić information content (AvgIpc) is 3.39. The number of nitrogens with zero attached hydrogens (tertiary/aromatic N) is 5. The zero-order valence-electron chi connectivity index (χ0n) is 18.9. The fraction of sp³-hybridized carbons (Fsp3) is 0.154. The zero-order valence-corrected chi connectivity index (χ0v) is 20.5. The molecule has 0 bridgehead atoms. The highest BCUT2D eigenvalue weighted by molar-refractivity contribution is 9.10. The van der Waals surface area contributed by atoms with E-state index in [-0.39, 0.29) is 12.5 Å².